The van der Waals surface area contributed by atoms with Crippen molar-refractivity contribution in [3.05, 3.63) is 58.1 Å². The number of aromatic hydroxyl groups is 1. The van der Waals surface area contributed by atoms with E-state index in [9.17, 15) is 20.0 Å². The fourth-order valence-corrected chi connectivity index (χ4v) is 1.85. The highest BCUT2D eigenvalue weighted by molar-refractivity contribution is 5.92. The van der Waals surface area contributed by atoms with E-state index in [0.717, 1.165) is 0 Å². The van der Waals surface area contributed by atoms with E-state index in [2.05, 4.69) is 5.32 Å². The Morgan fingerprint density at radius 3 is 2.73 bits per heavy atom. The van der Waals surface area contributed by atoms with E-state index >= 15 is 0 Å². The van der Waals surface area contributed by atoms with Crippen molar-refractivity contribution in [3.63, 3.8) is 0 Å². The van der Waals surface area contributed by atoms with Crippen molar-refractivity contribution in [3.8, 4) is 11.5 Å². The number of anilines is 1. The van der Waals surface area contributed by atoms with Gasteiger partial charge >= 0.3 is 0 Å². The lowest BCUT2D eigenvalue weighted by Gasteiger charge is -2.08. The van der Waals surface area contributed by atoms with E-state index in [4.69, 9.17) is 4.74 Å². The van der Waals surface area contributed by atoms with Crippen LogP contribution in [0.25, 0.3) is 0 Å². The van der Waals surface area contributed by atoms with Gasteiger partial charge < -0.3 is 15.2 Å². The number of nitro benzene ring substituents is 1. The number of rotatable bonds is 5. The van der Waals surface area contributed by atoms with Crippen molar-refractivity contribution in [2.45, 2.75) is 6.92 Å². The van der Waals surface area contributed by atoms with Gasteiger partial charge in [0.2, 0.25) is 0 Å². The van der Waals surface area contributed by atoms with E-state index in [1.54, 1.807) is 19.1 Å². The third kappa shape index (κ3) is 3.95. The number of ether oxygens (including phenoxy) is 1. The summed E-state index contributed by atoms with van der Waals surface area (Å²) in [6.07, 6.45) is 0. The molecule has 0 unspecified atom stereocenters. The van der Waals surface area contributed by atoms with Crippen molar-refractivity contribution in [2.75, 3.05) is 11.9 Å². The maximum absolute atomic E-state index is 11.7. The summed E-state index contributed by atoms with van der Waals surface area (Å²) in [6, 6.07) is 10.4. The number of aryl methyl sites for hydroxylation is 1. The predicted octanol–water partition coefficient (Wildman–Crippen LogP) is 2.63. The Bertz CT molecular complexity index is 715. The summed E-state index contributed by atoms with van der Waals surface area (Å²) in [4.78, 5) is 22.0. The molecule has 0 aliphatic carbocycles. The van der Waals surface area contributed by atoms with E-state index in [-0.39, 0.29) is 18.0 Å². The molecule has 2 rings (SSSR count). The second-order valence-corrected chi connectivity index (χ2v) is 4.59. The third-order valence-corrected chi connectivity index (χ3v) is 2.86. The molecule has 2 aromatic carbocycles. The molecular formula is C15H14N2O5. The van der Waals surface area contributed by atoms with Gasteiger partial charge in [-0.15, -0.1) is 0 Å². The van der Waals surface area contributed by atoms with Gasteiger partial charge in [0.25, 0.3) is 11.6 Å². The maximum Gasteiger partial charge on any atom is 0.272 e. The highest BCUT2D eigenvalue weighted by atomic mass is 16.6. The molecule has 7 nitrogen and oxygen atoms in total. The van der Waals surface area contributed by atoms with E-state index in [0.29, 0.717) is 17.0 Å². The minimum absolute atomic E-state index is 0.00318. The average Bonchev–Trinajstić information content (AvgIpc) is 2.45. The first-order valence-corrected chi connectivity index (χ1v) is 6.42. The van der Waals surface area contributed by atoms with Gasteiger partial charge in [-0.05, 0) is 31.2 Å². The topological polar surface area (TPSA) is 102 Å². The number of amides is 1. The van der Waals surface area contributed by atoms with Crippen LogP contribution in [0.15, 0.2) is 42.5 Å². The van der Waals surface area contributed by atoms with Crippen molar-refractivity contribution < 1.29 is 19.6 Å². The van der Waals surface area contributed by atoms with Crippen LogP contribution in [0.4, 0.5) is 11.4 Å². The molecule has 7 heteroatoms. The number of carbonyl (C=O) groups excluding carboxylic acids is 1. The number of hydrogen-bond donors (Lipinski definition) is 2. The zero-order chi connectivity index (χ0) is 16.1. The highest BCUT2D eigenvalue weighted by Crippen LogP contribution is 2.23. The number of phenolic OH excluding ortho intramolecular Hbond substituents is 1. The second kappa shape index (κ2) is 6.57. The molecule has 0 aliphatic heterocycles. The molecule has 0 saturated heterocycles. The summed E-state index contributed by atoms with van der Waals surface area (Å²) in [5.41, 5.74) is 0.904. The first-order chi connectivity index (χ1) is 10.5. The Hall–Kier alpha value is -3.09. The van der Waals surface area contributed by atoms with Crippen LogP contribution in [0.5, 0.6) is 11.5 Å². The molecule has 0 radical (unpaired) electrons. The molecule has 0 aromatic heterocycles. The summed E-state index contributed by atoms with van der Waals surface area (Å²) in [7, 11) is 0. The summed E-state index contributed by atoms with van der Waals surface area (Å²) < 4.78 is 5.29. The SMILES string of the molecule is Cc1cc(OCC(=O)Nc2cccc(O)c2)ccc1[N+](=O)[O-]. The summed E-state index contributed by atoms with van der Waals surface area (Å²) in [6.45, 7) is 1.35. The van der Waals surface area contributed by atoms with Gasteiger partial charge in [-0.2, -0.15) is 0 Å². The third-order valence-electron chi connectivity index (χ3n) is 2.86. The van der Waals surface area contributed by atoms with Crippen molar-refractivity contribution in [1.82, 2.24) is 0 Å². The molecule has 2 N–H and O–H groups in total. The number of phenols is 1. The van der Waals surface area contributed by atoms with Crippen LogP contribution in [0, 0.1) is 17.0 Å². The molecule has 0 spiro atoms. The van der Waals surface area contributed by atoms with Gasteiger partial charge in [-0.1, -0.05) is 6.07 Å². The van der Waals surface area contributed by atoms with Crippen LogP contribution < -0.4 is 10.1 Å². The number of hydrogen-bond acceptors (Lipinski definition) is 5. The van der Waals surface area contributed by atoms with Crippen LogP contribution in [0.2, 0.25) is 0 Å². The fraction of sp³-hybridized carbons (Fsp3) is 0.133. The quantitative estimate of drug-likeness (QED) is 0.653. The number of nitrogens with zero attached hydrogens (tertiary/aromatic N) is 1. The molecule has 22 heavy (non-hydrogen) atoms. The largest absolute Gasteiger partial charge is 0.508 e. The van der Waals surface area contributed by atoms with Crippen molar-refractivity contribution in [2.24, 2.45) is 0 Å². The van der Waals surface area contributed by atoms with Gasteiger partial charge in [-0.25, -0.2) is 0 Å². The zero-order valence-corrected chi connectivity index (χ0v) is 11.8. The van der Waals surface area contributed by atoms with Crippen molar-refractivity contribution >= 4 is 17.3 Å². The Kier molecular flexibility index (Phi) is 4.57. The normalized spacial score (nSPS) is 10.0. The minimum Gasteiger partial charge on any atom is -0.508 e. The first-order valence-electron chi connectivity index (χ1n) is 6.42. The zero-order valence-electron chi connectivity index (χ0n) is 11.8. The first kappa shape index (κ1) is 15.3. The van der Waals surface area contributed by atoms with E-state index < -0.39 is 10.8 Å². The second-order valence-electron chi connectivity index (χ2n) is 4.59. The Morgan fingerprint density at radius 1 is 1.32 bits per heavy atom. The standard InChI is InChI=1S/C15H14N2O5/c1-10-7-13(5-6-14(10)17(20)21)22-9-15(19)16-11-3-2-4-12(18)8-11/h2-8,18H,9H2,1H3,(H,16,19). The maximum atomic E-state index is 11.7. The molecule has 1 amide bonds. The lowest BCUT2D eigenvalue weighted by Crippen LogP contribution is -2.20. The monoisotopic (exact) mass is 302 g/mol. The van der Waals surface area contributed by atoms with Crippen molar-refractivity contribution in [1.29, 1.82) is 0 Å². The number of nitro groups is 1. The number of carbonyl (C=O) groups is 1. The van der Waals surface area contributed by atoms with E-state index in [1.807, 2.05) is 0 Å². The Labute approximate surface area is 126 Å². The van der Waals surface area contributed by atoms with Crippen LogP contribution >= 0.6 is 0 Å². The molecule has 114 valence electrons. The lowest BCUT2D eigenvalue weighted by molar-refractivity contribution is -0.385. The molecule has 2 aromatic rings. The van der Waals surface area contributed by atoms with Gasteiger partial charge in [0.1, 0.15) is 11.5 Å². The minimum atomic E-state index is -0.478. The fourth-order valence-electron chi connectivity index (χ4n) is 1.85. The highest BCUT2D eigenvalue weighted by Gasteiger charge is 2.11. The molecular weight excluding hydrogens is 288 g/mol. The Morgan fingerprint density at radius 2 is 2.09 bits per heavy atom. The molecule has 0 fully saturated rings. The smallest absolute Gasteiger partial charge is 0.272 e. The molecule has 0 bridgehead atoms. The number of nitrogens with one attached hydrogen (secondary N) is 1. The van der Waals surface area contributed by atoms with Crippen LogP contribution in [0.3, 0.4) is 0 Å². The molecule has 0 aliphatic rings. The molecule has 0 heterocycles. The van der Waals surface area contributed by atoms with Gasteiger partial charge in [0.15, 0.2) is 6.61 Å². The lowest BCUT2D eigenvalue weighted by atomic mass is 10.2. The van der Waals surface area contributed by atoms with E-state index in [1.165, 1.54) is 30.3 Å². The summed E-state index contributed by atoms with van der Waals surface area (Å²) >= 11 is 0. The van der Waals surface area contributed by atoms with Gasteiger partial charge in [0, 0.05) is 23.4 Å². The van der Waals surface area contributed by atoms with Gasteiger partial charge in [-0.3, -0.25) is 14.9 Å². The van der Waals surface area contributed by atoms with Crippen LogP contribution in [-0.4, -0.2) is 22.5 Å². The Balaban J connectivity index is 1.94. The van der Waals surface area contributed by atoms with Gasteiger partial charge in [0.05, 0.1) is 4.92 Å². The summed E-state index contributed by atoms with van der Waals surface area (Å²) in [5.74, 6) is 0.0143. The summed E-state index contributed by atoms with van der Waals surface area (Å²) in [5, 5.41) is 22.6. The molecule has 0 atom stereocenters. The average molecular weight is 302 g/mol. The predicted molar refractivity (Wildman–Crippen MR) is 80.1 cm³/mol. The number of benzene rings is 2. The van der Waals surface area contributed by atoms with Crippen LogP contribution in [0.1, 0.15) is 5.56 Å². The molecule has 0 saturated carbocycles. The van der Waals surface area contributed by atoms with Crippen LogP contribution in [-0.2, 0) is 4.79 Å².